The van der Waals surface area contributed by atoms with E-state index in [4.69, 9.17) is 9.47 Å². The number of aliphatic hydroxyl groups excluding tert-OH is 2. The number of benzene rings is 1. The molecule has 1 rings (SSSR count). The van der Waals surface area contributed by atoms with Crippen molar-refractivity contribution >= 4 is 0 Å². The molecule has 102 valence electrons. The van der Waals surface area contributed by atoms with Gasteiger partial charge in [-0.05, 0) is 24.6 Å². The van der Waals surface area contributed by atoms with Crippen molar-refractivity contribution in [2.45, 2.75) is 32.7 Å². The van der Waals surface area contributed by atoms with Gasteiger partial charge in [-0.15, -0.1) is 0 Å². The molecule has 1 aromatic rings. The zero-order valence-corrected chi connectivity index (χ0v) is 11.2. The highest BCUT2D eigenvalue weighted by Crippen LogP contribution is 2.13. The Morgan fingerprint density at radius 2 is 1.72 bits per heavy atom. The first kappa shape index (κ1) is 15.0. The maximum atomic E-state index is 9.61. The molecule has 0 saturated heterocycles. The molecule has 0 unspecified atom stereocenters. The summed E-state index contributed by atoms with van der Waals surface area (Å²) in [7, 11) is 1.63. The van der Waals surface area contributed by atoms with E-state index in [1.807, 2.05) is 31.2 Å². The second kappa shape index (κ2) is 7.36. The van der Waals surface area contributed by atoms with Crippen LogP contribution in [0.4, 0.5) is 0 Å². The van der Waals surface area contributed by atoms with E-state index in [0.717, 1.165) is 11.3 Å². The topological polar surface area (TPSA) is 58.9 Å². The largest absolute Gasteiger partial charge is 0.497 e. The zero-order valence-electron chi connectivity index (χ0n) is 11.2. The molecule has 0 bridgehead atoms. The summed E-state index contributed by atoms with van der Waals surface area (Å²) in [5.74, 6) is 0.722. The molecule has 0 radical (unpaired) electrons. The summed E-state index contributed by atoms with van der Waals surface area (Å²) >= 11 is 0. The number of ether oxygens (including phenoxy) is 2. The fourth-order valence-corrected chi connectivity index (χ4v) is 1.66. The highest BCUT2D eigenvalue weighted by Gasteiger charge is 2.19. The molecule has 0 spiro atoms. The molecule has 0 aliphatic carbocycles. The van der Waals surface area contributed by atoms with Crippen LogP contribution in [0.1, 0.15) is 19.4 Å². The average molecular weight is 254 g/mol. The molecular weight excluding hydrogens is 232 g/mol. The van der Waals surface area contributed by atoms with E-state index in [0.29, 0.717) is 13.2 Å². The molecule has 0 aromatic heterocycles. The number of methoxy groups -OCH3 is 1. The molecule has 0 amide bonds. The standard InChI is InChI=1S/C14H22O4/c1-10(14(16)11(2)15)8-18-9-12-4-6-13(17-3)7-5-12/h4-7,10-11,14-16H,8-9H2,1-3H3/t10-,11+,14+/m1/s1. The summed E-state index contributed by atoms with van der Waals surface area (Å²) in [6.07, 6.45) is -1.48. The molecule has 0 aliphatic heterocycles. The van der Waals surface area contributed by atoms with Crippen molar-refractivity contribution in [3.05, 3.63) is 29.8 Å². The van der Waals surface area contributed by atoms with E-state index in [-0.39, 0.29) is 5.92 Å². The Bertz CT molecular complexity index is 334. The molecule has 1 aromatic carbocycles. The van der Waals surface area contributed by atoms with Crippen molar-refractivity contribution < 1.29 is 19.7 Å². The minimum Gasteiger partial charge on any atom is -0.497 e. The van der Waals surface area contributed by atoms with Gasteiger partial charge in [-0.1, -0.05) is 19.1 Å². The Balaban J connectivity index is 2.32. The van der Waals surface area contributed by atoms with Crippen molar-refractivity contribution in [3.8, 4) is 5.75 Å². The first-order valence-electron chi connectivity index (χ1n) is 6.11. The van der Waals surface area contributed by atoms with Crippen LogP contribution in [0.5, 0.6) is 5.75 Å². The van der Waals surface area contributed by atoms with Crippen LogP contribution in [0.2, 0.25) is 0 Å². The van der Waals surface area contributed by atoms with E-state index < -0.39 is 12.2 Å². The van der Waals surface area contributed by atoms with Crippen LogP contribution in [-0.2, 0) is 11.3 Å². The Morgan fingerprint density at radius 1 is 1.11 bits per heavy atom. The fourth-order valence-electron chi connectivity index (χ4n) is 1.66. The Labute approximate surface area is 108 Å². The lowest BCUT2D eigenvalue weighted by Gasteiger charge is -2.21. The van der Waals surface area contributed by atoms with Crippen molar-refractivity contribution in [2.75, 3.05) is 13.7 Å². The van der Waals surface area contributed by atoms with Crippen LogP contribution in [0.15, 0.2) is 24.3 Å². The number of hydrogen-bond donors (Lipinski definition) is 2. The molecular formula is C14H22O4. The smallest absolute Gasteiger partial charge is 0.118 e. The van der Waals surface area contributed by atoms with E-state index in [9.17, 15) is 10.2 Å². The van der Waals surface area contributed by atoms with Crippen LogP contribution >= 0.6 is 0 Å². The minimum atomic E-state index is -0.749. The molecule has 0 saturated carbocycles. The van der Waals surface area contributed by atoms with Gasteiger partial charge in [0.25, 0.3) is 0 Å². The first-order chi connectivity index (χ1) is 8.54. The lowest BCUT2D eigenvalue weighted by atomic mass is 10.0. The van der Waals surface area contributed by atoms with Crippen molar-refractivity contribution in [1.29, 1.82) is 0 Å². The van der Waals surface area contributed by atoms with Crippen LogP contribution in [0.3, 0.4) is 0 Å². The lowest BCUT2D eigenvalue weighted by Crippen LogP contribution is -2.32. The summed E-state index contributed by atoms with van der Waals surface area (Å²) in [5.41, 5.74) is 1.05. The summed E-state index contributed by atoms with van der Waals surface area (Å²) in [6, 6.07) is 7.64. The molecule has 3 atom stereocenters. The van der Waals surface area contributed by atoms with E-state index in [1.54, 1.807) is 14.0 Å². The summed E-state index contributed by atoms with van der Waals surface area (Å²) in [6.45, 7) is 4.33. The predicted octanol–water partition coefficient (Wildman–Crippen LogP) is 1.59. The SMILES string of the molecule is COc1ccc(COC[C@@H](C)[C@H](O)[C@H](C)O)cc1. The van der Waals surface area contributed by atoms with Gasteiger partial charge in [-0.3, -0.25) is 0 Å². The van der Waals surface area contributed by atoms with Gasteiger partial charge in [0.2, 0.25) is 0 Å². The molecule has 2 N–H and O–H groups in total. The van der Waals surface area contributed by atoms with Gasteiger partial charge in [0, 0.05) is 5.92 Å². The number of hydrogen-bond acceptors (Lipinski definition) is 4. The minimum absolute atomic E-state index is 0.0942. The molecule has 0 fully saturated rings. The Morgan fingerprint density at radius 3 is 2.22 bits per heavy atom. The average Bonchev–Trinajstić information content (AvgIpc) is 2.38. The third kappa shape index (κ3) is 4.64. The van der Waals surface area contributed by atoms with Crippen molar-refractivity contribution in [3.63, 3.8) is 0 Å². The van der Waals surface area contributed by atoms with Crippen LogP contribution in [-0.4, -0.2) is 36.1 Å². The third-order valence-electron chi connectivity index (χ3n) is 2.89. The molecule has 0 aliphatic rings. The van der Waals surface area contributed by atoms with E-state index in [1.165, 1.54) is 0 Å². The van der Waals surface area contributed by atoms with Gasteiger partial charge in [0.05, 0.1) is 32.5 Å². The highest BCUT2D eigenvalue weighted by atomic mass is 16.5. The maximum Gasteiger partial charge on any atom is 0.118 e. The van der Waals surface area contributed by atoms with E-state index in [2.05, 4.69) is 0 Å². The maximum absolute atomic E-state index is 9.61. The summed E-state index contributed by atoms with van der Waals surface area (Å²) in [4.78, 5) is 0. The van der Waals surface area contributed by atoms with Crippen LogP contribution in [0.25, 0.3) is 0 Å². The number of aliphatic hydroxyl groups is 2. The van der Waals surface area contributed by atoms with Gasteiger partial charge in [0.15, 0.2) is 0 Å². The second-order valence-corrected chi connectivity index (χ2v) is 4.57. The van der Waals surface area contributed by atoms with Gasteiger partial charge in [-0.2, -0.15) is 0 Å². The second-order valence-electron chi connectivity index (χ2n) is 4.57. The predicted molar refractivity (Wildman–Crippen MR) is 69.5 cm³/mol. The summed E-state index contributed by atoms with van der Waals surface area (Å²) < 4.78 is 10.6. The van der Waals surface area contributed by atoms with Crippen molar-refractivity contribution in [2.24, 2.45) is 5.92 Å². The van der Waals surface area contributed by atoms with Gasteiger partial charge in [0.1, 0.15) is 5.75 Å². The normalized spacial score (nSPS) is 16.1. The van der Waals surface area contributed by atoms with Gasteiger partial charge < -0.3 is 19.7 Å². The van der Waals surface area contributed by atoms with Crippen LogP contribution < -0.4 is 4.74 Å². The Kier molecular flexibility index (Phi) is 6.12. The number of rotatable bonds is 7. The summed E-state index contributed by atoms with van der Waals surface area (Å²) in [5, 5.41) is 18.9. The van der Waals surface area contributed by atoms with Gasteiger partial charge >= 0.3 is 0 Å². The molecule has 4 heteroatoms. The zero-order chi connectivity index (χ0) is 13.5. The quantitative estimate of drug-likeness (QED) is 0.776. The molecule has 0 heterocycles. The first-order valence-corrected chi connectivity index (χ1v) is 6.11. The van der Waals surface area contributed by atoms with Gasteiger partial charge in [-0.25, -0.2) is 0 Å². The monoisotopic (exact) mass is 254 g/mol. The fraction of sp³-hybridized carbons (Fsp3) is 0.571. The van der Waals surface area contributed by atoms with E-state index >= 15 is 0 Å². The highest BCUT2D eigenvalue weighted by molar-refractivity contribution is 5.26. The van der Waals surface area contributed by atoms with Crippen molar-refractivity contribution in [1.82, 2.24) is 0 Å². The molecule has 18 heavy (non-hydrogen) atoms. The Hall–Kier alpha value is -1.10. The third-order valence-corrected chi connectivity index (χ3v) is 2.89. The van der Waals surface area contributed by atoms with Crippen LogP contribution in [0, 0.1) is 5.92 Å². The molecule has 4 nitrogen and oxygen atoms in total. The lowest BCUT2D eigenvalue weighted by molar-refractivity contribution is -0.0338.